The van der Waals surface area contributed by atoms with Gasteiger partial charge in [0.15, 0.2) is 0 Å². The van der Waals surface area contributed by atoms with E-state index in [1.165, 1.54) is 6.20 Å². The second kappa shape index (κ2) is 7.43. The number of piperazine rings is 1. The number of amides is 1. The first-order valence-electron chi connectivity index (χ1n) is 8.21. The molecule has 1 aromatic carbocycles. The zero-order valence-corrected chi connectivity index (χ0v) is 14.4. The van der Waals surface area contributed by atoms with Crippen LogP contribution in [0.3, 0.4) is 0 Å². The van der Waals surface area contributed by atoms with E-state index in [4.69, 9.17) is 15.2 Å². The Hall–Kier alpha value is -2.74. The second-order valence-electron chi connectivity index (χ2n) is 6.08. The summed E-state index contributed by atoms with van der Waals surface area (Å²) in [6.07, 6.45) is 1.09. The molecule has 8 heteroatoms. The van der Waals surface area contributed by atoms with Gasteiger partial charge in [-0.15, -0.1) is 0 Å². The number of ether oxygens (including phenoxy) is 2. The highest BCUT2D eigenvalue weighted by Crippen LogP contribution is 2.23. The number of aromatic nitrogens is 2. The molecule has 2 aromatic rings. The van der Waals surface area contributed by atoms with Crippen molar-refractivity contribution in [2.24, 2.45) is 0 Å². The van der Waals surface area contributed by atoms with E-state index < -0.39 is 6.09 Å². The summed E-state index contributed by atoms with van der Waals surface area (Å²) < 4.78 is 12.3. The van der Waals surface area contributed by atoms with Crippen LogP contribution in [0.25, 0.3) is 0 Å². The van der Waals surface area contributed by atoms with Crippen LogP contribution in [0.15, 0.2) is 30.5 Å². The standard InChI is InChI=1S/C17H23N5O3/c1-12-10-21(8-7-19-12)17(23)25-16-15(18)9-20-22(16)11-13-3-5-14(24-2)6-4-13/h3-6,9,12,19H,7-8,10-11,18H2,1-2H3. The van der Waals surface area contributed by atoms with Crippen LogP contribution < -0.4 is 20.5 Å². The van der Waals surface area contributed by atoms with Gasteiger partial charge in [-0.05, 0) is 24.6 Å². The summed E-state index contributed by atoms with van der Waals surface area (Å²) in [5.74, 6) is 1.05. The van der Waals surface area contributed by atoms with Gasteiger partial charge in [-0.2, -0.15) is 5.10 Å². The second-order valence-corrected chi connectivity index (χ2v) is 6.08. The van der Waals surface area contributed by atoms with Crippen LogP contribution in [0.5, 0.6) is 11.6 Å². The molecule has 0 saturated carbocycles. The summed E-state index contributed by atoms with van der Waals surface area (Å²) in [5, 5.41) is 7.51. The molecule has 0 bridgehead atoms. The van der Waals surface area contributed by atoms with Crippen LogP contribution in [0.1, 0.15) is 12.5 Å². The van der Waals surface area contributed by atoms with E-state index in [0.717, 1.165) is 17.9 Å². The molecule has 0 radical (unpaired) electrons. The van der Waals surface area contributed by atoms with Crippen LogP contribution in [0.4, 0.5) is 10.5 Å². The minimum Gasteiger partial charge on any atom is -0.497 e. The Morgan fingerprint density at radius 2 is 2.16 bits per heavy atom. The van der Waals surface area contributed by atoms with Crippen LogP contribution in [-0.2, 0) is 6.54 Å². The van der Waals surface area contributed by atoms with Crippen molar-refractivity contribution >= 4 is 11.8 Å². The van der Waals surface area contributed by atoms with Gasteiger partial charge >= 0.3 is 6.09 Å². The lowest BCUT2D eigenvalue weighted by atomic mass is 10.2. The average Bonchev–Trinajstić information content (AvgIpc) is 2.95. The molecule has 1 atom stereocenters. The van der Waals surface area contributed by atoms with E-state index in [0.29, 0.717) is 25.3 Å². The molecular weight excluding hydrogens is 322 g/mol. The Kier molecular flexibility index (Phi) is 5.08. The monoisotopic (exact) mass is 345 g/mol. The van der Waals surface area contributed by atoms with Gasteiger partial charge in [-0.25, -0.2) is 9.48 Å². The van der Waals surface area contributed by atoms with Crippen molar-refractivity contribution in [3.05, 3.63) is 36.0 Å². The summed E-state index contributed by atoms with van der Waals surface area (Å²) in [6, 6.07) is 7.84. The van der Waals surface area contributed by atoms with E-state index >= 15 is 0 Å². The van der Waals surface area contributed by atoms with E-state index in [1.807, 2.05) is 31.2 Å². The van der Waals surface area contributed by atoms with Gasteiger partial charge < -0.3 is 25.4 Å². The molecule has 1 unspecified atom stereocenters. The molecule has 8 nitrogen and oxygen atoms in total. The molecule has 134 valence electrons. The van der Waals surface area contributed by atoms with Gasteiger partial charge in [0, 0.05) is 25.7 Å². The van der Waals surface area contributed by atoms with Gasteiger partial charge in [0.1, 0.15) is 11.4 Å². The maximum atomic E-state index is 12.4. The summed E-state index contributed by atoms with van der Waals surface area (Å²) >= 11 is 0. The summed E-state index contributed by atoms with van der Waals surface area (Å²) in [7, 11) is 1.62. The third kappa shape index (κ3) is 4.03. The molecule has 1 aliphatic rings. The number of benzene rings is 1. The first kappa shape index (κ1) is 17.1. The highest BCUT2D eigenvalue weighted by atomic mass is 16.6. The number of nitrogens with zero attached hydrogens (tertiary/aromatic N) is 3. The highest BCUT2D eigenvalue weighted by molar-refractivity contribution is 5.72. The number of nitrogens with one attached hydrogen (secondary N) is 1. The van der Waals surface area contributed by atoms with Crippen LogP contribution in [0, 0.1) is 0 Å². The maximum Gasteiger partial charge on any atom is 0.416 e. The molecule has 3 rings (SSSR count). The van der Waals surface area contributed by atoms with Crippen LogP contribution in [0.2, 0.25) is 0 Å². The molecule has 1 aliphatic heterocycles. The number of carbonyl (C=O) groups is 1. The van der Waals surface area contributed by atoms with Gasteiger partial charge in [0.25, 0.3) is 0 Å². The molecule has 0 aliphatic carbocycles. The summed E-state index contributed by atoms with van der Waals surface area (Å²) in [6.45, 7) is 4.43. The number of carbonyl (C=O) groups excluding carboxylic acids is 1. The minimum absolute atomic E-state index is 0.239. The van der Waals surface area contributed by atoms with Crippen molar-refractivity contribution in [2.75, 3.05) is 32.5 Å². The lowest BCUT2D eigenvalue weighted by molar-refractivity contribution is 0.134. The Labute approximate surface area is 146 Å². The molecule has 1 fully saturated rings. The lowest BCUT2D eigenvalue weighted by Crippen LogP contribution is -2.52. The zero-order valence-electron chi connectivity index (χ0n) is 14.4. The number of nitrogen functional groups attached to an aromatic ring is 1. The van der Waals surface area contributed by atoms with Crippen LogP contribution >= 0.6 is 0 Å². The molecule has 1 amide bonds. The minimum atomic E-state index is -0.406. The lowest BCUT2D eigenvalue weighted by Gasteiger charge is -2.30. The number of rotatable bonds is 4. The number of anilines is 1. The van der Waals surface area contributed by atoms with Crippen LogP contribution in [-0.4, -0.2) is 53.6 Å². The van der Waals surface area contributed by atoms with Crippen molar-refractivity contribution < 1.29 is 14.3 Å². The fourth-order valence-corrected chi connectivity index (χ4v) is 2.76. The van der Waals surface area contributed by atoms with Crippen molar-refractivity contribution in [3.63, 3.8) is 0 Å². The molecular formula is C17H23N5O3. The predicted molar refractivity (Wildman–Crippen MR) is 93.8 cm³/mol. The first-order chi connectivity index (χ1) is 12.1. The molecule has 25 heavy (non-hydrogen) atoms. The normalized spacial score (nSPS) is 17.4. The van der Waals surface area contributed by atoms with Crippen molar-refractivity contribution in [3.8, 4) is 11.6 Å². The number of hydrogen-bond acceptors (Lipinski definition) is 6. The van der Waals surface area contributed by atoms with E-state index in [-0.39, 0.29) is 11.9 Å². The Bertz CT molecular complexity index is 728. The van der Waals surface area contributed by atoms with Gasteiger partial charge in [0.05, 0.1) is 19.9 Å². The Balaban J connectivity index is 1.71. The molecule has 3 N–H and O–H groups in total. The number of methoxy groups -OCH3 is 1. The number of nitrogens with two attached hydrogens (primary N) is 1. The summed E-state index contributed by atoms with van der Waals surface area (Å²) in [4.78, 5) is 14.1. The van der Waals surface area contributed by atoms with Crippen molar-refractivity contribution in [1.82, 2.24) is 20.0 Å². The highest BCUT2D eigenvalue weighted by Gasteiger charge is 2.24. The Morgan fingerprint density at radius 3 is 2.84 bits per heavy atom. The Morgan fingerprint density at radius 1 is 1.40 bits per heavy atom. The first-order valence-corrected chi connectivity index (χ1v) is 8.21. The van der Waals surface area contributed by atoms with Crippen molar-refractivity contribution in [1.29, 1.82) is 0 Å². The average molecular weight is 345 g/mol. The van der Waals surface area contributed by atoms with Crippen molar-refractivity contribution in [2.45, 2.75) is 19.5 Å². The largest absolute Gasteiger partial charge is 0.497 e. The van der Waals surface area contributed by atoms with E-state index in [9.17, 15) is 4.79 Å². The third-order valence-electron chi connectivity index (χ3n) is 4.12. The number of hydrogen-bond donors (Lipinski definition) is 2. The molecule has 1 saturated heterocycles. The molecule has 2 heterocycles. The summed E-state index contributed by atoms with van der Waals surface area (Å²) in [5.41, 5.74) is 7.27. The van der Waals surface area contributed by atoms with E-state index in [2.05, 4.69) is 10.4 Å². The zero-order chi connectivity index (χ0) is 17.8. The SMILES string of the molecule is COc1ccc(Cn2ncc(N)c2OC(=O)N2CCNC(C)C2)cc1. The maximum absolute atomic E-state index is 12.4. The van der Waals surface area contributed by atoms with Gasteiger partial charge in [-0.1, -0.05) is 12.1 Å². The van der Waals surface area contributed by atoms with Gasteiger partial charge in [0.2, 0.25) is 5.88 Å². The topological polar surface area (TPSA) is 94.6 Å². The third-order valence-corrected chi connectivity index (χ3v) is 4.12. The molecule has 0 spiro atoms. The predicted octanol–water partition coefficient (Wildman–Crippen LogP) is 1.31. The smallest absolute Gasteiger partial charge is 0.416 e. The van der Waals surface area contributed by atoms with E-state index in [1.54, 1.807) is 16.7 Å². The quantitative estimate of drug-likeness (QED) is 0.868. The fraction of sp³-hybridized carbons (Fsp3) is 0.412. The molecule has 1 aromatic heterocycles. The fourth-order valence-electron chi connectivity index (χ4n) is 2.76. The van der Waals surface area contributed by atoms with Gasteiger partial charge in [-0.3, -0.25) is 0 Å².